The highest BCUT2D eigenvalue weighted by Gasteiger charge is 2.49. The summed E-state index contributed by atoms with van der Waals surface area (Å²) in [5.41, 5.74) is 1.18. The van der Waals surface area contributed by atoms with Crippen LogP contribution in [0.3, 0.4) is 0 Å². The molecule has 210 valence electrons. The van der Waals surface area contributed by atoms with Crippen molar-refractivity contribution in [1.29, 1.82) is 0 Å². The molecule has 2 atom stereocenters. The van der Waals surface area contributed by atoms with Crippen LogP contribution in [0.4, 0.5) is 0 Å². The van der Waals surface area contributed by atoms with Crippen LogP contribution >= 0.6 is 0 Å². The molecule has 0 aromatic heterocycles. The van der Waals surface area contributed by atoms with Crippen LogP contribution in [0.25, 0.3) is 0 Å². The van der Waals surface area contributed by atoms with Crippen LogP contribution in [0, 0.1) is 0 Å². The zero-order chi connectivity index (χ0) is 27.4. The quantitative estimate of drug-likeness (QED) is 0.163. The molecule has 0 bridgehead atoms. The first-order valence-electron chi connectivity index (χ1n) is 14.6. The van der Waals surface area contributed by atoms with E-state index >= 15 is 0 Å². The Hall–Kier alpha value is -2.28. The van der Waals surface area contributed by atoms with E-state index in [9.17, 15) is 0 Å². The van der Waals surface area contributed by atoms with Crippen molar-refractivity contribution in [2.24, 2.45) is 0 Å². The number of rotatable bonds is 14. The third-order valence-electron chi connectivity index (χ3n) is 7.55. The predicted octanol–water partition coefficient (Wildman–Crippen LogP) is 6.86. The second-order valence-corrected chi connectivity index (χ2v) is 15.9. The largest absolute Gasteiger partial charge is 0.407 e. The molecule has 1 aliphatic rings. The van der Waals surface area contributed by atoms with Gasteiger partial charge in [0.05, 0.1) is 19.3 Å². The van der Waals surface area contributed by atoms with Gasteiger partial charge >= 0.3 is 0 Å². The fraction of sp³-hybridized carbons (Fsp3) is 0.471. The summed E-state index contributed by atoms with van der Waals surface area (Å²) in [5, 5.41) is 2.65. The van der Waals surface area contributed by atoms with E-state index in [0.29, 0.717) is 13.2 Å². The van der Waals surface area contributed by atoms with Crippen molar-refractivity contribution in [3.63, 3.8) is 0 Å². The Morgan fingerprint density at radius 2 is 1.44 bits per heavy atom. The molecule has 0 saturated carbocycles. The molecule has 0 N–H and O–H groups in total. The van der Waals surface area contributed by atoms with Gasteiger partial charge in [-0.3, -0.25) is 0 Å². The molecule has 0 aliphatic carbocycles. The van der Waals surface area contributed by atoms with Gasteiger partial charge in [-0.1, -0.05) is 112 Å². The Morgan fingerprint density at radius 3 is 2.00 bits per heavy atom. The van der Waals surface area contributed by atoms with Crippen LogP contribution in [0.1, 0.15) is 64.9 Å². The second-order valence-electron chi connectivity index (χ2n) is 11.6. The second kappa shape index (κ2) is 14.9. The van der Waals surface area contributed by atoms with Crippen LogP contribution in [-0.4, -0.2) is 40.5 Å². The summed E-state index contributed by atoms with van der Waals surface area (Å²) in [7, 11) is -2.50. The summed E-state index contributed by atoms with van der Waals surface area (Å²) in [4.78, 5) is 0. The molecule has 0 spiro atoms. The highest BCUT2D eigenvalue weighted by Crippen LogP contribution is 2.36. The minimum Gasteiger partial charge on any atom is -0.407 e. The Kier molecular flexibility index (Phi) is 11.4. The molecule has 1 fully saturated rings. The smallest absolute Gasteiger partial charge is 0.261 e. The molecule has 4 nitrogen and oxygen atoms in total. The lowest BCUT2D eigenvalue weighted by atomic mass is 10.1. The molecule has 5 heteroatoms. The molecule has 3 aromatic carbocycles. The summed E-state index contributed by atoms with van der Waals surface area (Å²) in [6, 6.07) is 32.1. The molecule has 0 radical (unpaired) electrons. The summed E-state index contributed by atoms with van der Waals surface area (Å²) in [6.45, 7) is 9.68. The minimum atomic E-state index is -2.50. The van der Waals surface area contributed by atoms with E-state index in [1.807, 2.05) is 18.2 Å². The third kappa shape index (κ3) is 8.35. The number of ether oxygens (including phenoxy) is 3. The van der Waals surface area contributed by atoms with Crippen molar-refractivity contribution in [1.82, 2.24) is 0 Å². The van der Waals surface area contributed by atoms with Gasteiger partial charge in [-0.05, 0) is 59.5 Å². The topological polar surface area (TPSA) is 36.9 Å². The lowest BCUT2D eigenvalue weighted by molar-refractivity contribution is -0.200. The molecule has 3 aromatic rings. The molecule has 1 saturated heterocycles. The van der Waals surface area contributed by atoms with E-state index in [0.717, 1.165) is 51.7 Å². The molecule has 1 unspecified atom stereocenters. The highest BCUT2D eigenvalue weighted by atomic mass is 28.4. The number of benzene rings is 3. The van der Waals surface area contributed by atoms with Gasteiger partial charge in [0.25, 0.3) is 8.32 Å². The molecular weight excluding hydrogens is 500 g/mol. The normalized spacial score (nSPS) is 17.2. The van der Waals surface area contributed by atoms with Crippen LogP contribution in [0.15, 0.2) is 91.0 Å². The van der Waals surface area contributed by atoms with Gasteiger partial charge in [-0.25, -0.2) is 0 Å². The molecule has 1 heterocycles. The third-order valence-corrected chi connectivity index (χ3v) is 12.6. The molecular formula is C34H46O4Si. The van der Waals surface area contributed by atoms with Crippen molar-refractivity contribution in [2.75, 3.05) is 19.8 Å². The first kappa shape index (κ1) is 29.7. The average molecular weight is 547 g/mol. The zero-order valence-corrected chi connectivity index (χ0v) is 25.0. The SMILES string of the molecule is CC(C)(C)[Si](OCCCC[C@@H](COCc1ccccc1)OC1CCCCO1)(c1ccccc1)c1ccccc1. The molecule has 4 rings (SSSR count). The van der Waals surface area contributed by atoms with Gasteiger partial charge in [-0.15, -0.1) is 0 Å². The molecule has 39 heavy (non-hydrogen) atoms. The maximum absolute atomic E-state index is 7.08. The van der Waals surface area contributed by atoms with Crippen molar-refractivity contribution in [3.05, 3.63) is 96.6 Å². The van der Waals surface area contributed by atoms with Gasteiger partial charge in [-0.2, -0.15) is 0 Å². The Labute approximate surface area is 236 Å². The van der Waals surface area contributed by atoms with Crippen LogP contribution in [0.5, 0.6) is 0 Å². The predicted molar refractivity (Wildman–Crippen MR) is 162 cm³/mol. The van der Waals surface area contributed by atoms with E-state index < -0.39 is 8.32 Å². The average Bonchev–Trinajstić information content (AvgIpc) is 2.96. The summed E-state index contributed by atoms with van der Waals surface area (Å²) in [6.07, 6.45) is 6.08. The number of hydrogen-bond donors (Lipinski definition) is 0. The lowest BCUT2D eigenvalue weighted by Crippen LogP contribution is -2.66. The fourth-order valence-corrected chi connectivity index (χ4v) is 10.2. The van der Waals surface area contributed by atoms with Gasteiger partial charge < -0.3 is 18.6 Å². The van der Waals surface area contributed by atoms with Gasteiger partial charge in [0.1, 0.15) is 0 Å². The zero-order valence-electron chi connectivity index (χ0n) is 24.0. The molecule has 1 aliphatic heterocycles. The van der Waals surface area contributed by atoms with Gasteiger partial charge in [0.2, 0.25) is 0 Å². The Balaban J connectivity index is 1.37. The Bertz CT molecular complexity index is 1020. The van der Waals surface area contributed by atoms with Crippen LogP contribution < -0.4 is 10.4 Å². The summed E-state index contributed by atoms with van der Waals surface area (Å²) < 4.78 is 25.4. The minimum absolute atomic E-state index is 0.00898. The van der Waals surface area contributed by atoms with E-state index in [1.165, 1.54) is 15.9 Å². The standard InChI is InChI=1S/C34H46O4Si/c1-34(2,3)39(31-20-9-5-10-21-31,32-22-11-6-12-23-32)37-26-16-13-19-30(38-33-24-14-15-25-36-33)28-35-27-29-17-7-4-8-18-29/h4-12,17-18,20-23,30,33H,13-16,19,24-28H2,1-3H3/t30-,33?/m0/s1. The van der Waals surface area contributed by atoms with Crippen molar-refractivity contribution in [3.8, 4) is 0 Å². The molecule has 0 amide bonds. The lowest BCUT2D eigenvalue weighted by Gasteiger charge is -2.43. The van der Waals surface area contributed by atoms with Gasteiger partial charge in [0.15, 0.2) is 6.29 Å². The summed E-state index contributed by atoms with van der Waals surface area (Å²) in [5.74, 6) is 0. The van der Waals surface area contributed by atoms with Crippen molar-refractivity contribution < 1.29 is 18.6 Å². The van der Waals surface area contributed by atoms with Crippen molar-refractivity contribution in [2.45, 2.75) is 83.3 Å². The first-order valence-corrected chi connectivity index (χ1v) is 16.5. The maximum atomic E-state index is 7.08. The van der Waals surface area contributed by atoms with E-state index in [2.05, 4.69) is 93.6 Å². The van der Waals surface area contributed by atoms with E-state index in [1.54, 1.807) is 0 Å². The number of unbranched alkanes of at least 4 members (excludes halogenated alkanes) is 1. The summed E-state index contributed by atoms with van der Waals surface area (Å²) >= 11 is 0. The van der Waals surface area contributed by atoms with Crippen LogP contribution in [-0.2, 0) is 25.2 Å². The van der Waals surface area contributed by atoms with Crippen LogP contribution in [0.2, 0.25) is 5.04 Å². The fourth-order valence-electron chi connectivity index (χ4n) is 5.57. The number of hydrogen-bond acceptors (Lipinski definition) is 4. The van der Waals surface area contributed by atoms with E-state index in [-0.39, 0.29) is 17.4 Å². The van der Waals surface area contributed by atoms with E-state index in [4.69, 9.17) is 18.6 Å². The highest BCUT2D eigenvalue weighted by molar-refractivity contribution is 6.99. The first-order chi connectivity index (χ1) is 19.0. The monoisotopic (exact) mass is 546 g/mol. The van der Waals surface area contributed by atoms with Gasteiger partial charge in [0, 0.05) is 13.2 Å². The maximum Gasteiger partial charge on any atom is 0.261 e. The van der Waals surface area contributed by atoms with Crippen molar-refractivity contribution >= 4 is 18.7 Å². The Morgan fingerprint density at radius 1 is 0.821 bits per heavy atom.